The van der Waals surface area contributed by atoms with Crippen LogP contribution in [-0.2, 0) is 6.54 Å². The van der Waals surface area contributed by atoms with Gasteiger partial charge in [0.1, 0.15) is 5.82 Å². The summed E-state index contributed by atoms with van der Waals surface area (Å²) in [6.07, 6.45) is 3.41. The zero-order valence-corrected chi connectivity index (χ0v) is 10.2. The van der Waals surface area contributed by atoms with E-state index in [2.05, 4.69) is 32.4 Å². The predicted molar refractivity (Wildman–Crippen MR) is 75.5 cm³/mol. The molecule has 3 N–H and O–H groups in total. The number of rotatable bonds is 3. The minimum atomic E-state index is 0.459. The van der Waals surface area contributed by atoms with Gasteiger partial charge < -0.3 is 11.1 Å². The summed E-state index contributed by atoms with van der Waals surface area (Å²) in [5, 5.41) is 4.06. The molecule has 3 aromatic rings. The zero-order chi connectivity index (χ0) is 13.1. The van der Waals surface area contributed by atoms with Gasteiger partial charge in [-0.2, -0.15) is 0 Å². The maximum atomic E-state index is 5.65. The van der Waals surface area contributed by atoms with Crippen molar-refractivity contribution in [1.29, 1.82) is 0 Å². The van der Waals surface area contributed by atoms with Gasteiger partial charge in [0.05, 0.1) is 5.52 Å². The molecule has 0 amide bonds. The van der Waals surface area contributed by atoms with Crippen LogP contribution in [-0.4, -0.2) is 15.0 Å². The van der Waals surface area contributed by atoms with Gasteiger partial charge in [-0.25, -0.2) is 15.0 Å². The third-order valence-electron chi connectivity index (χ3n) is 2.78. The van der Waals surface area contributed by atoms with Crippen molar-refractivity contribution >= 4 is 22.7 Å². The average molecular weight is 251 g/mol. The van der Waals surface area contributed by atoms with Crippen molar-refractivity contribution in [1.82, 2.24) is 15.0 Å². The number of anilines is 2. The summed E-state index contributed by atoms with van der Waals surface area (Å²) in [6, 6.07) is 11.8. The molecule has 0 aliphatic heterocycles. The molecule has 0 atom stereocenters. The maximum Gasteiger partial charge on any atom is 0.223 e. The molecule has 94 valence electrons. The van der Waals surface area contributed by atoms with Gasteiger partial charge in [0.15, 0.2) is 0 Å². The van der Waals surface area contributed by atoms with E-state index in [1.807, 2.05) is 18.2 Å². The molecule has 0 bridgehead atoms. The summed E-state index contributed by atoms with van der Waals surface area (Å²) in [7, 11) is 0. The van der Waals surface area contributed by atoms with Gasteiger partial charge in [0, 0.05) is 30.4 Å². The van der Waals surface area contributed by atoms with Gasteiger partial charge >= 0.3 is 0 Å². The van der Waals surface area contributed by atoms with E-state index in [0.717, 1.165) is 10.9 Å². The van der Waals surface area contributed by atoms with Crippen LogP contribution in [0.15, 0.2) is 48.8 Å². The molecule has 2 heterocycles. The molecule has 0 fully saturated rings. The second-order valence-electron chi connectivity index (χ2n) is 4.20. The Labute approximate surface area is 110 Å². The Kier molecular flexibility index (Phi) is 2.94. The summed E-state index contributed by atoms with van der Waals surface area (Å²) in [5.41, 5.74) is 7.62. The van der Waals surface area contributed by atoms with Crippen LogP contribution in [0.1, 0.15) is 5.56 Å². The lowest BCUT2D eigenvalue weighted by Gasteiger charge is -2.05. The topological polar surface area (TPSA) is 76.7 Å². The molecule has 1 aromatic carbocycles. The van der Waals surface area contributed by atoms with Crippen molar-refractivity contribution in [2.45, 2.75) is 6.54 Å². The minimum Gasteiger partial charge on any atom is -0.384 e. The number of aromatic nitrogens is 3. The number of nitrogens with zero attached hydrogens (tertiary/aromatic N) is 3. The highest BCUT2D eigenvalue weighted by atomic mass is 15.1. The Bertz CT molecular complexity index is 697. The van der Waals surface area contributed by atoms with E-state index in [1.54, 1.807) is 18.5 Å². The first-order chi connectivity index (χ1) is 9.31. The number of nitrogens with two attached hydrogens (primary N) is 1. The van der Waals surface area contributed by atoms with Crippen LogP contribution in [0.2, 0.25) is 0 Å². The molecule has 2 aromatic heterocycles. The fraction of sp³-hybridized carbons (Fsp3) is 0.0714. The van der Waals surface area contributed by atoms with Crippen LogP contribution >= 0.6 is 0 Å². The number of fused-ring (bicyclic) bond motifs is 1. The van der Waals surface area contributed by atoms with Crippen molar-refractivity contribution in [3.63, 3.8) is 0 Å². The summed E-state index contributed by atoms with van der Waals surface area (Å²) in [5.74, 6) is 1.04. The van der Waals surface area contributed by atoms with Crippen LogP contribution in [0, 0.1) is 0 Å². The van der Waals surface area contributed by atoms with Gasteiger partial charge in [-0.05, 0) is 5.56 Å². The van der Waals surface area contributed by atoms with Crippen molar-refractivity contribution in [3.8, 4) is 0 Å². The Hall–Kier alpha value is -2.69. The molecule has 3 rings (SSSR count). The van der Waals surface area contributed by atoms with E-state index < -0.39 is 0 Å². The quantitative estimate of drug-likeness (QED) is 0.746. The molecule has 0 saturated carbocycles. The third kappa shape index (κ3) is 2.60. The number of nitrogen functional groups attached to an aromatic ring is 1. The first-order valence-corrected chi connectivity index (χ1v) is 5.97. The van der Waals surface area contributed by atoms with E-state index in [4.69, 9.17) is 5.73 Å². The highest BCUT2D eigenvalue weighted by molar-refractivity contribution is 5.79. The van der Waals surface area contributed by atoms with Gasteiger partial charge in [-0.3, -0.25) is 0 Å². The van der Waals surface area contributed by atoms with Crippen LogP contribution in [0.25, 0.3) is 10.9 Å². The molecular formula is C14H13N5. The van der Waals surface area contributed by atoms with E-state index >= 15 is 0 Å². The summed E-state index contributed by atoms with van der Waals surface area (Å²) in [4.78, 5) is 12.7. The molecule has 5 heteroatoms. The molecule has 19 heavy (non-hydrogen) atoms. The number of hydrogen-bond donors (Lipinski definition) is 2. The smallest absolute Gasteiger partial charge is 0.223 e. The van der Waals surface area contributed by atoms with Gasteiger partial charge in [0.2, 0.25) is 5.95 Å². The second-order valence-corrected chi connectivity index (χ2v) is 4.20. The van der Waals surface area contributed by atoms with Gasteiger partial charge in [-0.1, -0.05) is 30.3 Å². The average Bonchev–Trinajstić information content (AvgIpc) is 2.46. The molecule has 5 nitrogen and oxygen atoms in total. The molecule has 0 aliphatic rings. The standard InChI is InChI=1S/C14H13N5/c15-13-6-12-11(8-16-13)9-18-14(19-12)17-7-10-4-2-1-3-5-10/h1-6,8-9H,7H2,(H2,15,16)(H,17,18,19). The summed E-state index contributed by atoms with van der Waals surface area (Å²) in [6.45, 7) is 0.687. The van der Waals surface area contributed by atoms with Gasteiger partial charge in [-0.15, -0.1) is 0 Å². The highest BCUT2D eigenvalue weighted by Gasteiger charge is 2.01. The summed E-state index contributed by atoms with van der Waals surface area (Å²) < 4.78 is 0. The highest BCUT2D eigenvalue weighted by Crippen LogP contribution is 2.14. The predicted octanol–water partition coefficient (Wildman–Crippen LogP) is 2.22. The van der Waals surface area contributed by atoms with Crippen molar-refractivity contribution < 1.29 is 0 Å². The van der Waals surface area contributed by atoms with Crippen LogP contribution in [0.4, 0.5) is 11.8 Å². The van der Waals surface area contributed by atoms with E-state index in [1.165, 1.54) is 5.56 Å². The molecule has 0 aliphatic carbocycles. The lowest BCUT2D eigenvalue weighted by Crippen LogP contribution is -2.03. The van der Waals surface area contributed by atoms with Crippen LogP contribution < -0.4 is 11.1 Å². The van der Waals surface area contributed by atoms with E-state index in [0.29, 0.717) is 18.3 Å². The number of benzene rings is 1. The molecule has 0 saturated heterocycles. The summed E-state index contributed by atoms with van der Waals surface area (Å²) >= 11 is 0. The molecule has 0 spiro atoms. The second kappa shape index (κ2) is 4.89. The monoisotopic (exact) mass is 251 g/mol. The normalized spacial score (nSPS) is 10.5. The number of nitrogens with one attached hydrogen (secondary N) is 1. The number of hydrogen-bond acceptors (Lipinski definition) is 5. The Balaban J connectivity index is 1.81. The van der Waals surface area contributed by atoms with E-state index in [9.17, 15) is 0 Å². The van der Waals surface area contributed by atoms with Crippen LogP contribution in [0.3, 0.4) is 0 Å². The fourth-order valence-corrected chi connectivity index (χ4v) is 1.80. The Morgan fingerprint density at radius 2 is 1.84 bits per heavy atom. The maximum absolute atomic E-state index is 5.65. The van der Waals surface area contributed by atoms with Crippen molar-refractivity contribution in [3.05, 3.63) is 54.4 Å². The fourth-order valence-electron chi connectivity index (χ4n) is 1.80. The minimum absolute atomic E-state index is 0.459. The third-order valence-corrected chi connectivity index (χ3v) is 2.78. The van der Waals surface area contributed by atoms with Crippen molar-refractivity contribution in [2.24, 2.45) is 0 Å². The van der Waals surface area contributed by atoms with E-state index in [-0.39, 0.29) is 0 Å². The van der Waals surface area contributed by atoms with Crippen LogP contribution in [0.5, 0.6) is 0 Å². The zero-order valence-electron chi connectivity index (χ0n) is 10.2. The molecule has 0 radical (unpaired) electrons. The number of pyridine rings is 1. The lowest BCUT2D eigenvalue weighted by molar-refractivity contribution is 1.07. The largest absolute Gasteiger partial charge is 0.384 e. The molecule has 0 unspecified atom stereocenters. The lowest BCUT2D eigenvalue weighted by atomic mass is 10.2. The molecular weight excluding hydrogens is 238 g/mol. The first kappa shape index (κ1) is 11.4. The SMILES string of the molecule is Nc1cc2nc(NCc3ccccc3)ncc2cn1. The Morgan fingerprint density at radius 3 is 2.68 bits per heavy atom. The van der Waals surface area contributed by atoms with Crippen molar-refractivity contribution in [2.75, 3.05) is 11.1 Å². The first-order valence-electron chi connectivity index (χ1n) is 5.97. The van der Waals surface area contributed by atoms with Gasteiger partial charge in [0.25, 0.3) is 0 Å². The Morgan fingerprint density at radius 1 is 1.05 bits per heavy atom.